The number of unbranched alkanes of at least 4 members (excludes halogenated alkanes) is 26. The molecule has 0 aliphatic heterocycles. The van der Waals surface area contributed by atoms with Crippen LogP contribution in [0.25, 0.3) is 0 Å². The average Bonchev–Trinajstić information content (AvgIpc) is 1.93. The van der Waals surface area contributed by atoms with Crippen LogP contribution in [-0.4, -0.2) is 95.9 Å². The number of aliphatic hydroxyl groups excluding tert-OH is 2. The van der Waals surface area contributed by atoms with E-state index in [2.05, 4.69) is 142 Å². The van der Waals surface area contributed by atoms with Gasteiger partial charge in [0.1, 0.15) is 25.4 Å². The number of allylic oxidation sites excluding steroid dienone is 20. The number of carbonyl (C=O) groups excluding carboxylic acids is 3. The Hall–Kier alpha value is -4.05. The van der Waals surface area contributed by atoms with Crippen molar-refractivity contribution in [3.05, 3.63) is 122 Å². The summed E-state index contributed by atoms with van der Waals surface area (Å²) >= 11 is 0. The molecular weight excluding hydrogens is 1240 g/mol. The second-order valence-electron chi connectivity index (χ2n) is 24.4. The van der Waals surface area contributed by atoms with Crippen molar-refractivity contribution in [1.82, 2.24) is 0 Å². The maximum absolute atomic E-state index is 13.0. The molecule has 0 saturated carbocycles. The van der Waals surface area contributed by atoms with Crippen molar-refractivity contribution in [3.8, 4) is 0 Å². The Bertz CT molecular complexity index is 2210. The number of phosphoric acid groups is 2. The number of esters is 3. The van der Waals surface area contributed by atoms with Gasteiger partial charge < -0.3 is 34.2 Å². The topological polar surface area (TPSA) is 231 Å². The maximum Gasteiger partial charge on any atom is 0.472 e. The highest BCUT2D eigenvalue weighted by molar-refractivity contribution is 7.47. The lowest BCUT2D eigenvalue weighted by atomic mass is 10.0. The molecule has 16 nitrogen and oxygen atoms in total. The van der Waals surface area contributed by atoms with Crippen LogP contribution < -0.4 is 0 Å². The van der Waals surface area contributed by atoms with Gasteiger partial charge in [0.2, 0.25) is 0 Å². The van der Waals surface area contributed by atoms with Crippen LogP contribution >= 0.6 is 15.6 Å². The molecule has 4 N–H and O–H groups in total. The molecule has 5 atom stereocenters. The van der Waals surface area contributed by atoms with Gasteiger partial charge in [-0.05, 0) is 116 Å². The smallest absolute Gasteiger partial charge is 0.463 e. The van der Waals surface area contributed by atoms with Crippen molar-refractivity contribution in [1.29, 1.82) is 0 Å². The predicted octanol–water partition coefficient (Wildman–Crippen LogP) is 21.0. The molecule has 5 unspecified atom stereocenters. The van der Waals surface area contributed by atoms with E-state index < -0.39 is 91.5 Å². The van der Waals surface area contributed by atoms with Crippen molar-refractivity contribution in [2.24, 2.45) is 0 Å². The molecule has 546 valence electrons. The molecule has 0 aliphatic carbocycles. The van der Waals surface area contributed by atoms with E-state index in [4.69, 9.17) is 32.3 Å². The molecule has 0 fully saturated rings. The number of hydrogen-bond acceptors (Lipinski definition) is 14. The molecule has 0 aromatic heterocycles. The van der Waals surface area contributed by atoms with Gasteiger partial charge in [0.15, 0.2) is 6.10 Å². The number of phosphoric ester groups is 2. The molecule has 0 saturated heterocycles. The fraction of sp³-hybridized carbons (Fsp3) is 0.701. The number of hydrogen-bond donors (Lipinski definition) is 4. The summed E-state index contributed by atoms with van der Waals surface area (Å²) in [6.07, 6.45) is 80.9. The summed E-state index contributed by atoms with van der Waals surface area (Å²) in [6.45, 7) is 2.49. The Morgan fingerprint density at radius 2 is 0.558 bits per heavy atom. The molecule has 0 heterocycles. The summed E-state index contributed by atoms with van der Waals surface area (Å²) in [6, 6.07) is 0. The monoisotopic (exact) mass is 1370 g/mol. The lowest BCUT2D eigenvalue weighted by Gasteiger charge is -2.21. The van der Waals surface area contributed by atoms with Gasteiger partial charge in [0.05, 0.1) is 26.4 Å². The Morgan fingerprint density at radius 3 is 0.905 bits per heavy atom. The van der Waals surface area contributed by atoms with Crippen LogP contribution in [0.3, 0.4) is 0 Å². The fourth-order valence-electron chi connectivity index (χ4n) is 9.56. The molecule has 0 aliphatic rings. The quantitative estimate of drug-likeness (QED) is 0.0146. The van der Waals surface area contributed by atoms with E-state index in [9.17, 15) is 43.5 Å². The summed E-state index contributed by atoms with van der Waals surface area (Å²) in [5, 5.41) is 20.6. The van der Waals surface area contributed by atoms with Crippen molar-refractivity contribution >= 4 is 33.6 Å². The first-order valence-corrected chi connectivity index (χ1v) is 39.8. The van der Waals surface area contributed by atoms with Crippen molar-refractivity contribution in [3.63, 3.8) is 0 Å². The first-order valence-electron chi connectivity index (χ1n) is 36.8. The van der Waals surface area contributed by atoms with Gasteiger partial charge in [-0.1, -0.05) is 277 Å². The number of carbonyl (C=O) groups is 3. The van der Waals surface area contributed by atoms with Crippen LogP contribution in [0.4, 0.5) is 0 Å². The van der Waals surface area contributed by atoms with Crippen molar-refractivity contribution in [2.75, 3.05) is 39.6 Å². The standard InChI is InChI=1S/C77H132O16P2/c1-4-7-10-13-16-19-22-25-28-30-32-34-35-37-39-40-43-45-48-51-54-57-60-63-75(80)87-66-72(78)67-89-94(83,84)90-68-73(79)69-91-95(85,86)92-71-74(93-77(82)65-62-59-56-53-50-47-42-27-24-21-18-15-12-9-6-3)70-88-76(81)64-61-58-55-52-49-46-44-41-38-36-33-31-29-26-23-20-17-14-11-8-5-2/h7,10,16-17,19-20,25-26,28-29,32-34,36-37,39,41,43-45,72-74,78-79H,4-6,8-9,11-15,18,21-24,27,30-31,35,38,40,42,46-71H2,1-3H3,(H,83,84)(H,85,86)/b10-7-,19-16-,20-17-,28-25-,29-26-,34-32-,36-33-,39-37-,44-41-,45-43-. The molecular formula is C77H132O16P2. The summed E-state index contributed by atoms with van der Waals surface area (Å²) in [5.74, 6) is -1.61. The molecule has 0 radical (unpaired) electrons. The van der Waals surface area contributed by atoms with Crippen LogP contribution in [0.5, 0.6) is 0 Å². The van der Waals surface area contributed by atoms with Gasteiger partial charge in [0.25, 0.3) is 0 Å². The van der Waals surface area contributed by atoms with E-state index in [1.165, 1.54) is 89.9 Å². The lowest BCUT2D eigenvalue weighted by molar-refractivity contribution is -0.161. The van der Waals surface area contributed by atoms with Gasteiger partial charge in [-0.2, -0.15) is 0 Å². The summed E-state index contributed by atoms with van der Waals surface area (Å²) in [7, 11) is -9.80. The Kier molecular flexibility index (Phi) is 66.9. The lowest BCUT2D eigenvalue weighted by Crippen LogP contribution is -2.30. The van der Waals surface area contributed by atoms with Crippen LogP contribution in [0.1, 0.15) is 290 Å². The zero-order valence-electron chi connectivity index (χ0n) is 59.3. The fourth-order valence-corrected chi connectivity index (χ4v) is 11.1. The molecule has 0 aromatic rings. The summed E-state index contributed by atoms with van der Waals surface area (Å²) in [5.41, 5.74) is 0. The highest BCUT2D eigenvalue weighted by Crippen LogP contribution is 2.45. The zero-order valence-corrected chi connectivity index (χ0v) is 61.1. The largest absolute Gasteiger partial charge is 0.472 e. The minimum atomic E-state index is -4.93. The van der Waals surface area contributed by atoms with E-state index in [1.54, 1.807) is 0 Å². The molecule has 18 heteroatoms. The van der Waals surface area contributed by atoms with Crippen LogP contribution in [0, 0.1) is 0 Å². The first-order chi connectivity index (χ1) is 46.2. The second kappa shape index (κ2) is 69.8. The predicted molar refractivity (Wildman–Crippen MR) is 390 cm³/mol. The number of ether oxygens (including phenoxy) is 3. The molecule has 0 amide bonds. The minimum Gasteiger partial charge on any atom is -0.463 e. The molecule has 0 spiro atoms. The van der Waals surface area contributed by atoms with E-state index in [-0.39, 0.29) is 19.3 Å². The zero-order chi connectivity index (χ0) is 69.5. The SMILES string of the molecule is CC/C=C\C/C=C\C/C=C\C/C=C\C/C=C\C/C=C\CCCCCCC(=O)OCC(O)COP(=O)(O)OCC(O)COP(=O)(O)OCC(COC(=O)CCCCCCC/C=C\C/C=C\C/C=C\C/C=C\CCCCC)OC(=O)CCCCCCCCCCCCCCCCC. The highest BCUT2D eigenvalue weighted by Gasteiger charge is 2.29. The van der Waals surface area contributed by atoms with Crippen molar-refractivity contribution < 1.29 is 75.8 Å². The second-order valence-corrected chi connectivity index (χ2v) is 27.3. The highest BCUT2D eigenvalue weighted by atomic mass is 31.2. The van der Waals surface area contributed by atoms with Gasteiger partial charge in [0, 0.05) is 19.3 Å². The normalized spacial score (nSPS) is 14.8. The Balaban J connectivity index is 4.68. The molecule has 0 aromatic carbocycles. The van der Waals surface area contributed by atoms with E-state index in [0.717, 1.165) is 141 Å². The average molecular weight is 1380 g/mol. The summed E-state index contributed by atoms with van der Waals surface area (Å²) in [4.78, 5) is 58.5. The molecule has 0 rings (SSSR count). The van der Waals surface area contributed by atoms with Gasteiger partial charge in [-0.15, -0.1) is 0 Å². The first kappa shape index (κ1) is 91.0. The van der Waals surface area contributed by atoms with Crippen LogP contribution in [0.2, 0.25) is 0 Å². The third-order valence-corrected chi connectivity index (χ3v) is 17.1. The Morgan fingerprint density at radius 1 is 0.305 bits per heavy atom. The van der Waals surface area contributed by atoms with Gasteiger partial charge in [-0.25, -0.2) is 9.13 Å². The number of rotatable bonds is 69. The Labute approximate surface area is 576 Å². The minimum absolute atomic E-state index is 0.101. The number of aliphatic hydroxyl groups is 2. The van der Waals surface area contributed by atoms with E-state index in [0.29, 0.717) is 19.3 Å². The van der Waals surface area contributed by atoms with Gasteiger partial charge in [-0.3, -0.25) is 32.5 Å². The molecule has 0 bridgehead atoms. The van der Waals surface area contributed by atoms with Gasteiger partial charge >= 0.3 is 33.6 Å². The molecule has 95 heavy (non-hydrogen) atoms. The van der Waals surface area contributed by atoms with E-state index in [1.807, 2.05) is 0 Å². The van der Waals surface area contributed by atoms with E-state index >= 15 is 0 Å². The summed E-state index contributed by atoms with van der Waals surface area (Å²) < 4.78 is 61.0. The van der Waals surface area contributed by atoms with Crippen LogP contribution in [0.15, 0.2) is 122 Å². The van der Waals surface area contributed by atoms with Crippen molar-refractivity contribution in [2.45, 2.75) is 309 Å². The van der Waals surface area contributed by atoms with Crippen LogP contribution in [-0.2, 0) is 55.8 Å². The third kappa shape index (κ3) is 71.1. The third-order valence-electron chi connectivity index (χ3n) is 15.2. The maximum atomic E-state index is 13.0.